The maximum Gasteiger partial charge on any atom is 0.271 e. The number of nitro groups is 1. The molecule has 0 aliphatic carbocycles. The third-order valence-electron chi connectivity index (χ3n) is 3.68. The molecule has 2 unspecified atom stereocenters. The van der Waals surface area contributed by atoms with Gasteiger partial charge < -0.3 is 10.2 Å². The lowest BCUT2D eigenvalue weighted by Crippen LogP contribution is -2.25. The summed E-state index contributed by atoms with van der Waals surface area (Å²) in [6, 6.07) is 5.89. The lowest BCUT2D eigenvalue weighted by molar-refractivity contribution is -0.384. The highest BCUT2D eigenvalue weighted by molar-refractivity contribution is 5.57. The van der Waals surface area contributed by atoms with Gasteiger partial charge in [0.15, 0.2) is 0 Å². The highest BCUT2D eigenvalue weighted by Gasteiger charge is 2.26. The fourth-order valence-corrected chi connectivity index (χ4v) is 2.40. The summed E-state index contributed by atoms with van der Waals surface area (Å²) in [5.74, 6) is 0. The first kappa shape index (κ1) is 12.8. The number of benzene rings is 1. The summed E-state index contributed by atoms with van der Waals surface area (Å²) in [5, 5.41) is 14.2. The van der Waals surface area contributed by atoms with Gasteiger partial charge in [0.25, 0.3) is 5.69 Å². The monoisotopic (exact) mass is 249 g/mol. The molecule has 2 atom stereocenters. The molecule has 1 aliphatic heterocycles. The van der Waals surface area contributed by atoms with Gasteiger partial charge in [0.2, 0.25) is 0 Å². The van der Waals surface area contributed by atoms with Crippen molar-refractivity contribution in [3.63, 3.8) is 0 Å². The number of aryl methyl sites for hydroxylation is 1. The van der Waals surface area contributed by atoms with E-state index < -0.39 is 0 Å². The molecule has 1 aromatic carbocycles. The zero-order valence-electron chi connectivity index (χ0n) is 11.0. The Morgan fingerprint density at radius 3 is 2.78 bits per heavy atom. The lowest BCUT2D eigenvalue weighted by atomic mass is 10.1. The van der Waals surface area contributed by atoms with Gasteiger partial charge >= 0.3 is 0 Å². The topological polar surface area (TPSA) is 58.4 Å². The number of nitro benzene ring substituents is 1. The second-order valence-corrected chi connectivity index (χ2v) is 5.12. The van der Waals surface area contributed by atoms with E-state index in [-0.39, 0.29) is 10.6 Å². The second kappa shape index (κ2) is 4.94. The Hall–Kier alpha value is -1.62. The SMILES string of the molecule is Cc1ccc([N+](=O)[O-])cc1NC1CC(C)N(C)C1. The Balaban J connectivity index is 2.14. The maximum absolute atomic E-state index is 10.8. The van der Waals surface area contributed by atoms with E-state index >= 15 is 0 Å². The van der Waals surface area contributed by atoms with Crippen molar-refractivity contribution in [2.45, 2.75) is 32.4 Å². The molecule has 98 valence electrons. The number of likely N-dealkylation sites (tertiary alicyclic amines) is 1. The molecule has 0 saturated carbocycles. The summed E-state index contributed by atoms with van der Waals surface area (Å²) >= 11 is 0. The van der Waals surface area contributed by atoms with E-state index in [1.807, 2.05) is 6.92 Å². The number of hydrogen-bond donors (Lipinski definition) is 1. The number of non-ortho nitro benzene ring substituents is 1. The van der Waals surface area contributed by atoms with Crippen LogP contribution in [0.25, 0.3) is 0 Å². The number of hydrogen-bond acceptors (Lipinski definition) is 4. The van der Waals surface area contributed by atoms with Crippen LogP contribution in [0.1, 0.15) is 18.9 Å². The summed E-state index contributed by atoms with van der Waals surface area (Å²) in [7, 11) is 2.10. The Bertz CT molecular complexity index is 452. The van der Waals surface area contributed by atoms with E-state index in [2.05, 4.69) is 24.2 Å². The number of anilines is 1. The van der Waals surface area contributed by atoms with Gasteiger partial charge in [-0.3, -0.25) is 10.1 Å². The van der Waals surface area contributed by atoms with Crippen molar-refractivity contribution in [2.24, 2.45) is 0 Å². The molecule has 1 aromatic rings. The Labute approximate surface area is 107 Å². The predicted molar refractivity (Wildman–Crippen MR) is 72.0 cm³/mol. The number of nitrogens with one attached hydrogen (secondary N) is 1. The summed E-state index contributed by atoms with van der Waals surface area (Å²) in [6.07, 6.45) is 1.07. The van der Waals surface area contributed by atoms with Crippen molar-refractivity contribution in [1.82, 2.24) is 4.90 Å². The first-order valence-electron chi connectivity index (χ1n) is 6.19. The van der Waals surface area contributed by atoms with Crippen LogP contribution in [0.5, 0.6) is 0 Å². The van der Waals surface area contributed by atoms with Crippen molar-refractivity contribution in [3.8, 4) is 0 Å². The van der Waals surface area contributed by atoms with E-state index in [0.717, 1.165) is 24.2 Å². The third kappa shape index (κ3) is 2.61. The van der Waals surface area contributed by atoms with E-state index in [9.17, 15) is 10.1 Å². The number of likely N-dealkylation sites (N-methyl/N-ethyl adjacent to an activating group) is 1. The van der Waals surface area contributed by atoms with Gasteiger partial charge in [-0.1, -0.05) is 6.07 Å². The molecule has 0 bridgehead atoms. The molecule has 1 aliphatic rings. The average molecular weight is 249 g/mol. The van der Waals surface area contributed by atoms with Crippen molar-refractivity contribution < 1.29 is 4.92 Å². The smallest absolute Gasteiger partial charge is 0.271 e. The molecule has 1 N–H and O–H groups in total. The predicted octanol–water partition coefficient (Wildman–Crippen LogP) is 2.41. The molecule has 5 heteroatoms. The summed E-state index contributed by atoms with van der Waals surface area (Å²) in [5.41, 5.74) is 2.06. The molecular weight excluding hydrogens is 230 g/mol. The minimum atomic E-state index is -0.353. The fraction of sp³-hybridized carbons (Fsp3) is 0.538. The molecule has 2 rings (SSSR count). The minimum absolute atomic E-state index is 0.141. The van der Waals surface area contributed by atoms with Crippen LogP contribution >= 0.6 is 0 Å². The Kier molecular flexibility index (Phi) is 3.52. The van der Waals surface area contributed by atoms with Crippen LogP contribution in [-0.2, 0) is 0 Å². The molecule has 0 amide bonds. The first-order chi connectivity index (χ1) is 8.47. The molecule has 0 spiro atoms. The Morgan fingerprint density at radius 1 is 1.50 bits per heavy atom. The molecule has 0 radical (unpaired) electrons. The van der Waals surface area contributed by atoms with Crippen LogP contribution in [0.2, 0.25) is 0 Å². The van der Waals surface area contributed by atoms with E-state index in [1.165, 1.54) is 0 Å². The van der Waals surface area contributed by atoms with E-state index in [4.69, 9.17) is 0 Å². The molecule has 1 fully saturated rings. The fourth-order valence-electron chi connectivity index (χ4n) is 2.40. The van der Waals surface area contributed by atoms with E-state index in [1.54, 1.807) is 18.2 Å². The average Bonchev–Trinajstić information content (AvgIpc) is 2.61. The molecule has 18 heavy (non-hydrogen) atoms. The van der Waals surface area contributed by atoms with Crippen LogP contribution in [0.4, 0.5) is 11.4 Å². The molecular formula is C13H19N3O2. The van der Waals surface area contributed by atoms with Gasteiger partial charge in [-0.25, -0.2) is 0 Å². The first-order valence-corrected chi connectivity index (χ1v) is 6.19. The van der Waals surface area contributed by atoms with Gasteiger partial charge in [0, 0.05) is 36.4 Å². The zero-order chi connectivity index (χ0) is 13.3. The summed E-state index contributed by atoms with van der Waals surface area (Å²) in [6.45, 7) is 5.14. The van der Waals surface area contributed by atoms with Gasteiger partial charge in [-0.15, -0.1) is 0 Å². The van der Waals surface area contributed by atoms with Crippen molar-refractivity contribution in [1.29, 1.82) is 0 Å². The second-order valence-electron chi connectivity index (χ2n) is 5.12. The minimum Gasteiger partial charge on any atom is -0.381 e. The number of rotatable bonds is 3. The highest BCUT2D eigenvalue weighted by atomic mass is 16.6. The van der Waals surface area contributed by atoms with Crippen LogP contribution in [0, 0.1) is 17.0 Å². The van der Waals surface area contributed by atoms with Gasteiger partial charge in [0.05, 0.1) is 4.92 Å². The lowest BCUT2D eigenvalue weighted by Gasteiger charge is -2.16. The summed E-state index contributed by atoms with van der Waals surface area (Å²) in [4.78, 5) is 12.7. The maximum atomic E-state index is 10.8. The molecule has 1 heterocycles. The van der Waals surface area contributed by atoms with Gasteiger partial charge in [0.1, 0.15) is 0 Å². The normalized spacial score (nSPS) is 24.2. The van der Waals surface area contributed by atoms with Crippen LogP contribution in [0.15, 0.2) is 18.2 Å². The molecule has 5 nitrogen and oxygen atoms in total. The standard InChI is InChI=1S/C13H19N3O2/c1-9-4-5-12(16(17)18)7-13(9)14-11-6-10(2)15(3)8-11/h4-5,7,10-11,14H,6,8H2,1-3H3. The zero-order valence-corrected chi connectivity index (χ0v) is 11.0. The molecule has 0 aromatic heterocycles. The molecule has 1 saturated heterocycles. The number of nitrogens with zero attached hydrogens (tertiary/aromatic N) is 2. The quantitative estimate of drug-likeness (QED) is 0.660. The van der Waals surface area contributed by atoms with E-state index in [0.29, 0.717) is 12.1 Å². The van der Waals surface area contributed by atoms with Crippen LogP contribution in [-0.4, -0.2) is 35.5 Å². The third-order valence-corrected chi connectivity index (χ3v) is 3.68. The van der Waals surface area contributed by atoms with Crippen molar-refractivity contribution >= 4 is 11.4 Å². The largest absolute Gasteiger partial charge is 0.381 e. The van der Waals surface area contributed by atoms with Crippen LogP contribution in [0.3, 0.4) is 0 Å². The van der Waals surface area contributed by atoms with Gasteiger partial charge in [-0.2, -0.15) is 0 Å². The van der Waals surface area contributed by atoms with Crippen molar-refractivity contribution in [2.75, 3.05) is 18.9 Å². The summed E-state index contributed by atoms with van der Waals surface area (Å²) < 4.78 is 0. The van der Waals surface area contributed by atoms with Gasteiger partial charge in [-0.05, 0) is 32.9 Å². The van der Waals surface area contributed by atoms with Crippen LogP contribution < -0.4 is 5.32 Å². The van der Waals surface area contributed by atoms with Crippen molar-refractivity contribution in [3.05, 3.63) is 33.9 Å². The highest BCUT2D eigenvalue weighted by Crippen LogP contribution is 2.25. The Morgan fingerprint density at radius 2 is 2.22 bits per heavy atom.